The second-order valence-electron chi connectivity index (χ2n) is 2.95. The Labute approximate surface area is 83.0 Å². The molecule has 68 valence electrons. The molecule has 0 bridgehead atoms. The van der Waals surface area contributed by atoms with Crippen LogP contribution in [0.25, 0.3) is 0 Å². The van der Waals surface area contributed by atoms with Crippen LogP contribution in [0.2, 0.25) is 5.02 Å². The summed E-state index contributed by atoms with van der Waals surface area (Å²) in [6.45, 7) is 1.49. The Hall–Kier alpha value is -0.505. The summed E-state index contributed by atoms with van der Waals surface area (Å²) in [5.74, 6) is 0. The predicted octanol–water partition coefficient (Wildman–Crippen LogP) is 1.74. The van der Waals surface area contributed by atoms with Crippen LogP contribution in [0.1, 0.15) is 11.9 Å². The molecule has 1 aliphatic rings. The van der Waals surface area contributed by atoms with Crippen molar-refractivity contribution >= 4 is 18.9 Å². The molecule has 0 saturated carbocycles. The fraction of sp³-hybridized carbons (Fsp3) is 0.333. The first-order valence-corrected chi connectivity index (χ1v) is 4.73. The molecule has 0 unspecified atom stereocenters. The summed E-state index contributed by atoms with van der Waals surface area (Å²) in [4.78, 5) is 0. The van der Waals surface area contributed by atoms with E-state index in [9.17, 15) is 0 Å². The van der Waals surface area contributed by atoms with Gasteiger partial charge in [-0.2, -0.15) is 0 Å². The van der Waals surface area contributed by atoms with Crippen molar-refractivity contribution in [2.45, 2.75) is 6.29 Å². The molecule has 2 rings (SSSR count). The molecule has 0 aliphatic carbocycles. The van der Waals surface area contributed by atoms with Crippen molar-refractivity contribution in [1.29, 1.82) is 0 Å². The number of benzene rings is 1. The average Bonchev–Trinajstić information content (AvgIpc) is 2.20. The minimum absolute atomic E-state index is 0.276. The highest BCUT2D eigenvalue weighted by molar-refractivity contribution is 6.35. The van der Waals surface area contributed by atoms with Crippen molar-refractivity contribution in [3.63, 3.8) is 0 Å². The van der Waals surface area contributed by atoms with Crippen LogP contribution in [0.5, 0.6) is 0 Å². The number of hydrogen-bond acceptors (Lipinski definition) is 2. The second-order valence-corrected chi connectivity index (χ2v) is 3.36. The van der Waals surface area contributed by atoms with Crippen LogP contribution in [0.15, 0.2) is 24.3 Å². The Kier molecular flexibility index (Phi) is 2.88. The zero-order valence-corrected chi connectivity index (χ0v) is 7.96. The smallest absolute Gasteiger partial charge is 0.185 e. The fourth-order valence-corrected chi connectivity index (χ4v) is 1.56. The molecule has 0 spiro atoms. The maximum atomic E-state index is 6.00. The highest BCUT2D eigenvalue weighted by Crippen LogP contribution is 2.27. The summed E-state index contributed by atoms with van der Waals surface area (Å²) in [6.07, 6.45) is -0.276. The largest absolute Gasteiger partial charge is 0.357 e. The Morgan fingerprint density at radius 3 is 2.62 bits per heavy atom. The molecule has 4 heteroatoms. The lowest BCUT2D eigenvalue weighted by Gasteiger charge is -2.23. The molecular formula is C9H10BClO2. The van der Waals surface area contributed by atoms with Crippen LogP contribution in [0, 0.1) is 0 Å². The van der Waals surface area contributed by atoms with Gasteiger partial charge in [0.2, 0.25) is 0 Å². The fourth-order valence-electron chi connectivity index (χ4n) is 1.33. The Balaban J connectivity index is 2.18. The topological polar surface area (TPSA) is 18.5 Å². The van der Waals surface area contributed by atoms with E-state index in [2.05, 4.69) is 0 Å². The van der Waals surface area contributed by atoms with Crippen LogP contribution in [-0.4, -0.2) is 20.3 Å². The SMILES string of the molecule is Clc1ccccc1C1OCBCO1. The lowest BCUT2D eigenvalue weighted by Crippen LogP contribution is -2.24. The number of rotatable bonds is 1. The molecule has 0 aromatic heterocycles. The minimum atomic E-state index is -0.276. The molecule has 1 heterocycles. The van der Waals surface area contributed by atoms with E-state index in [0.717, 1.165) is 25.9 Å². The summed E-state index contributed by atoms with van der Waals surface area (Å²) in [5.41, 5.74) is 0.920. The quantitative estimate of drug-likeness (QED) is 0.637. The Bertz CT molecular complexity index is 287. The van der Waals surface area contributed by atoms with Gasteiger partial charge in [0.1, 0.15) is 0 Å². The lowest BCUT2D eigenvalue weighted by molar-refractivity contribution is -0.136. The van der Waals surface area contributed by atoms with Gasteiger partial charge in [-0.25, -0.2) is 0 Å². The van der Waals surface area contributed by atoms with Crippen molar-refractivity contribution in [3.8, 4) is 0 Å². The van der Waals surface area contributed by atoms with Crippen LogP contribution in [-0.2, 0) is 9.47 Å². The van der Waals surface area contributed by atoms with Crippen molar-refractivity contribution in [2.24, 2.45) is 0 Å². The first-order valence-electron chi connectivity index (χ1n) is 4.35. The third-order valence-electron chi connectivity index (χ3n) is 1.99. The van der Waals surface area contributed by atoms with Crippen molar-refractivity contribution in [1.82, 2.24) is 0 Å². The Morgan fingerprint density at radius 1 is 1.23 bits per heavy atom. The highest BCUT2D eigenvalue weighted by atomic mass is 35.5. The number of hydrogen-bond donors (Lipinski definition) is 0. The third kappa shape index (κ3) is 2.05. The van der Waals surface area contributed by atoms with Gasteiger partial charge in [-0.15, -0.1) is 0 Å². The van der Waals surface area contributed by atoms with E-state index < -0.39 is 0 Å². The van der Waals surface area contributed by atoms with Gasteiger partial charge in [0.15, 0.2) is 13.6 Å². The van der Waals surface area contributed by atoms with Crippen molar-refractivity contribution in [3.05, 3.63) is 34.9 Å². The number of ether oxygens (including phenoxy) is 2. The zero-order valence-electron chi connectivity index (χ0n) is 7.20. The first kappa shape index (κ1) is 9.07. The lowest BCUT2D eigenvalue weighted by atomic mass is 9.81. The molecule has 0 amide bonds. The van der Waals surface area contributed by atoms with Crippen LogP contribution < -0.4 is 0 Å². The molecule has 1 aromatic carbocycles. The standard InChI is InChI=1S/C9H10BClO2/c11-8-4-2-1-3-7(8)9-12-5-10-6-13-9/h1-4,9-10H,5-6H2. The van der Waals surface area contributed by atoms with Gasteiger partial charge in [0.25, 0.3) is 0 Å². The second kappa shape index (κ2) is 4.14. The summed E-state index contributed by atoms with van der Waals surface area (Å²) in [5, 5.41) is 0.703. The molecule has 1 aromatic rings. The normalized spacial score (nSPS) is 18.2. The zero-order chi connectivity index (χ0) is 9.10. The molecular weight excluding hydrogens is 186 g/mol. The van der Waals surface area contributed by atoms with Gasteiger partial charge < -0.3 is 9.47 Å². The summed E-state index contributed by atoms with van der Waals surface area (Å²) in [7, 11) is 0.959. The molecule has 13 heavy (non-hydrogen) atoms. The van der Waals surface area contributed by atoms with Gasteiger partial charge in [0.05, 0.1) is 0 Å². The molecule has 0 atom stereocenters. The van der Waals surface area contributed by atoms with E-state index in [4.69, 9.17) is 21.1 Å². The van der Waals surface area contributed by atoms with E-state index in [-0.39, 0.29) is 6.29 Å². The van der Waals surface area contributed by atoms with Gasteiger partial charge in [-0.3, -0.25) is 0 Å². The van der Waals surface area contributed by atoms with E-state index >= 15 is 0 Å². The van der Waals surface area contributed by atoms with Gasteiger partial charge in [-0.05, 0) is 6.07 Å². The van der Waals surface area contributed by atoms with E-state index in [1.54, 1.807) is 0 Å². The first-order chi connectivity index (χ1) is 6.38. The highest BCUT2D eigenvalue weighted by Gasteiger charge is 2.18. The monoisotopic (exact) mass is 196 g/mol. The maximum absolute atomic E-state index is 6.00. The summed E-state index contributed by atoms with van der Waals surface area (Å²) in [6, 6.07) is 7.60. The minimum Gasteiger partial charge on any atom is -0.357 e. The van der Waals surface area contributed by atoms with Crippen molar-refractivity contribution in [2.75, 3.05) is 13.0 Å². The molecule has 1 fully saturated rings. The van der Waals surface area contributed by atoms with E-state index in [1.807, 2.05) is 24.3 Å². The molecule has 1 aliphatic heterocycles. The number of halogens is 1. The summed E-state index contributed by atoms with van der Waals surface area (Å²) < 4.78 is 10.9. The van der Waals surface area contributed by atoms with Crippen LogP contribution in [0.3, 0.4) is 0 Å². The molecule has 1 saturated heterocycles. The molecule has 2 nitrogen and oxygen atoms in total. The maximum Gasteiger partial charge on any atom is 0.185 e. The van der Waals surface area contributed by atoms with E-state index in [1.165, 1.54) is 0 Å². The Morgan fingerprint density at radius 2 is 1.92 bits per heavy atom. The summed E-state index contributed by atoms with van der Waals surface area (Å²) >= 11 is 6.00. The molecule has 0 N–H and O–H groups in total. The van der Waals surface area contributed by atoms with Gasteiger partial charge >= 0.3 is 0 Å². The average molecular weight is 196 g/mol. The predicted molar refractivity (Wildman–Crippen MR) is 53.2 cm³/mol. The van der Waals surface area contributed by atoms with Crippen LogP contribution in [0.4, 0.5) is 0 Å². The van der Waals surface area contributed by atoms with Gasteiger partial charge in [0, 0.05) is 23.6 Å². The van der Waals surface area contributed by atoms with Crippen LogP contribution >= 0.6 is 11.6 Å². The third-order valence-corrected chi connectivity index (χ3v) is 2.33. The molecule has 0 radical (unpaired) electrons. The van der Waals surface area contributed by atoms with E-state index in [0.29, 0.717) is 5.02 Å². The van der Waals surface area contributed by atoms with Crippen molar-refractivity contribution < 1.29 is 9.47 Å². The van der Waals surface area contributed by atoms with Gasteiger partial charge in [-0.1, -0.05) is 29.8 Å².